The molecule has 9 heteroatoms. The highest BCUT2D eigenvalue weighted by molar-refractivity contribution is 6.32. The van der Waals surface area contributed by atoms with Gasteiger partial charge < -0.3 is 5.32 Å². The second kappa shape index (κ2) is 5.41. The van der Waals surface area contributed by atoms with Crippen LogP contribution in [0.3, 0.4) is 0 Å². The minimum Gasteiger partial charge on any atom is -0.375 e. The highest BCUT2D eigenvalue weighted by atomic mass is 35.5. The monoisotopic (exact) mass is 267 g/mol. The summed E-state index contributed by atoms with van der Waals surface area (Å²) in [7, 11) is 0. The molecule has 0 spiro atoms. The molecule has 0 amide bonds. The highest BCUT2D eigenvalue weighted by Crippen LogP contribution is 2.15. The first-order valence-electron chi connectivity index (χ1n) is 5.05. The summed E-state index contributed by atoms with van der Waals surface area (Å²) in [4.78, 5) is 11.8. The van der Waals surface area contributed by atoms with Crippen LogP contribution in [0.2, 0.25) is 5.02 Å². The molecule has 0 aliphatic heterocycles. The Morgan fingerprint density at radius 1 is 1.61 bits per heavy atom. The number of nitrogens with one attached hydrogen (secondary N) is 2. The number of tetrazole rings is 1. The molecule has 0 aliphatic carbocycles. The third-order valence-corrected chi connectivity index (χ3v) is 2.48. The second-order valence-electron chi connectivity index (χ2n) is 3.33. The summed E-state index contributed by atoms with van der Waals surface area (Å²) in [5, 5.41) is 20.2. The van der Waals surface area contributed by atoms with Gasteiger partial charge in [0.05, 0.1) is 25.0 Å². The molecule has 0 unspecified atom stereocenters. The Morgan fingerprint density at radius 2 is 2.44 bits per heavy atom. The van der Waals surface area contributed by atoms with Crippen molar-refractivity contribution in [3.8, 4) is 0 Å². The van der Waals surface area contributed by atoms with Crippen LogP contribution < -0.4 is 10.9 Å². The van der Waals surface area contributed by atoms with Crippen LogP contribution in [0.4, 0.5) is 5.69 Å². The quantitative estimate of drug-likeness (QED) is 0.751. The molecule has 94 valence electrons. The number of allylic oxidation sites excluding steroid dienone is 1. The largest absolute Gasteiger partial charge is 0.375 e. The van der Waals surface area contributed by atoms with Crippen molar-refractivity contribution in [2.75, 3.05) is 5.32 Å². The standard InChI is InChI=1S/C9H10ClN7O/c1-2-3-17-9(18)8(10)6(4-12-17)11-5-7-13-15-16-14-7/h2,4,11H,1,3,5H2,(H,13,14,15,16). The molecule has 0 radical (unpaired) electrons. The van der Waals surface area contributed by atoms with Crippen molar-refractivity contribution in [3.05, 3.63) is 40.1 Å². The Morgan fingerprint density at radius 3 is 3.11 bits per heavy atom. The summed E-state index contributed by atoms with van der Waals surface area (Å²) >= 11 is 5.94. The molecule has 0 saturated heterocycles. The molecule has 8 nitrogen and oxygen atoms in total. The predicted molar refractivity (Wildman–Crippen MR) is 65.2 cm³/mol. The van der Waals surface area contributed by atoms with Gasteiger partial charge in [-0.3, -0.25) is 4.79 Å². The topological polar surface area (TPSA) is 101 Å². The number of aromatic amines is 1. The van der Waals surface area contributed by atoms with E-state index < -0.39 is 0 Å². The van der Waals surface area contributed by atoms with Gasteiger partial charge in [0.1, 0.15) is 5.02 Å². The number of rotatable bonds is 5. The lowest BCUT2D eigenvalue weighted by molar-refractivity contribution is 0.652. The van der Waals surface area contributed by atoms with E-state index in [2.05, 4.69) is 37.6 Å². The SMILES string of the molecule is C=CCn1ncc(NCc2nn[nH]n2)c(Cl)c1=O. The maximum Gasteiger partial charge on any atom is 0.287 e. The molecule has 18 heavy (non-hydrogen) atoms. The van der Waals surface area contributed by atoms with Crippen LogP contribution in [0.25, 0.3) is 0 Å². The van der Waals surface area contributed by atoms with Gasteiger partial charge in [0.25, 0.3) is 5.56 Å². The minimum atomic E-state index is -0.380. The first-order chi connectivity index (χ1) is 8.72. The molecular formula is C9H10ClN7O. The zero-order chi connectivity index (χ0) is 13.0. The number of aromatic nitrogens is 6. The number of hydrogen-bond acceptors (Lipinski definition) is 6. The van der Waals surface area contributed by atoms with Crippen LogP contribution in [0.5, 0.6) is 0 Å². The number of anilines is 1. The molecule has 0 aliphatic rings. The molecule has 2 N–H and O–H groups in total. The molecule has 0 fully saturated rings. The fourth-order valence-corrected chi connectivity index (χ4v) is 1.49. The lowest BCUT2D eigenvalue weighted by Gasteiger charge is -2.07. The third kappa shape index (κ3) is 2.54. The molecule has 0 atom stereocenters. The first-order valence-corrected chi connectivity index (χ1v) is 5.43. The van der Waals surface area contributed by atoms with Crippen molar-refractivity contribution in [2.24, 2.45) is 0 Å². The fourth-order valence-electron chi connectivity index (χ4n) is 1.27. The van der Waals surface area contributed by atoms with E-state index in [-0.39, 0.29) is 10.6 Å². The summed E-state index contributed by atoms with van der Waals surface area (Å²) in [6.07, 6.45) is 3.03. The van der Waals surface area contributed by atoms with Crippen LogP contribution in [-0.2, 0) is 13.1 Å². The number of halogens is 1. The van der Waals surface area contributed by atoms with Crippen molar-refractivity contribution in [2.45, 2.75) is 13.1 Å². The van der Waals surface area contributed by atoms with Gasteiger partial charge in [0, 0.05) is 0 Å². The van der Waals surface area contributed by atoms with E-state index in [1.54, 1.807) is 6.08 Å². The van der Waals surface area contributed by atoms with Crippen LogP contribution in [0.15, 0.2) is 23.6 Å². The normalized spacial score (nSPS) is 10.3. The first kappa shape index (κ1) is 12.2. The third-order valence-electron chi connectivity index (χ3n) is 2.11. The van der Waals surface area contributed by atoms with Crippen molar-refractivity contribution < 1.29 is 0 Å². The maximum absolute atomic E-state index is 11.8. The number of H-pyrrole nitrogens is 1. The zero-order valence-corrected chi connectivity index (χ0v) is 10.1. The van der Waals surface area contributed by atoms with E-state index in [0.29, 0.717) is 24.6 Å². The lowest BCUT2D eigenvalue weighted by Crippen LogP contribution is -2.23. The fraction of sp³-hybridized carbons (Fsp3) is 0.222. The summed E-state index contributed by atoms with van der Waals surface area (Å²) in [5.41, 5.74) is 0.0430. The van der Waals surface area contributed by atoms with Crippen molar-refractivity contribution in [1.29, 1.82) is 0 Å². The highest BCUT2D eigenvalue weighted by Gasteiger charge is 2.09. The van der Waals surface area contributed by atoms with Crippen molar-refractivity contribution in [3.63, 3.8) is 0 Å². The maximum atomic E-state index is 11.8. The van der Waals surface area contributed by atoms with E-state index in [1.807, 2.05) is 0 Å². The van der Waals surface area contributed by atoms with Crippen LogP contribution in [-0.4, -0.2) is 30.4 Å². The van der Waals surface area contributed by atoms with Crippen LogP contribution >= 0.6 is 11.6 Å². The van der Waals surface area contributed by atoms with Gasteiger partial charge in [-0.25, -0.2) is 4.68 Å². The smallest absolute Gasteiger partial charge is 0.287 e. The Bertz CT molecular complexity index is 591. The Labute approximate surface area is 107 Å². The average molecular weight is 268 g/mol. The summed E-state index contributed by atoms with van der Waals surface area (Å²) < 4.78 is 1.22. The predicted octanol–water partition coefficient (Wildman–Crippen LogP) is 0.208. The molecular weight excluding hydrogens is 258 g/mol. The Kier molecular flexibility index (Phi) is 3.68. The van der Waals surface area contributed by atoms with Crippen LogP contribution in [0, 0.1) is 0 Å². The Hall–Kier alpha value is -2.22. The second-order valence-corrected chi connectivity index (χ2v) is 3.71. The van der Waals surface area contributed by atoms with Crippen molar-refractivity contribution in [1.82, 2.24) is 30.4 Å². The van der Waals surface area contributed by atoms with Gasteiger partial charge in [-0.05, 0) is 0 Å². The zero-order valence-electron chi connectivity index (χ0n) is 9.30. The van der Waals surface area contributed by atoms with E-state index >= 15 is 0 Å². The molecule has 0 bridgehead atoms. The Balaban J connectivity index is 2.16. The van der Waals surface area contributed by atoms with E-state index in [1.165, 1.54) is 10.9 Å². The van der Waals surface area contributed by atoms with Gasteiger partial charge in [-0.1, -0.05) is 22.9 Å². The lowest BCUT2D eigenvalue weighted by atomic mass is 10.4. The molecule has 0 aromatic carbocycles. The van der Waals surface area contributed by atoms with Gasteiger partial charge in [-0.2, -0.15) is 10.3 Å². The molecule has 2 aromatic rings. The molecule has 2 rings (SSSR count). The van der Waals surface area contributed by atoms with E-state index in [9.17, 15) is 4.79 Å². The van der Waals surface area contributed by atoms with Gasteiger partial charge in [-0.15, -0.1) is 16.8 Å². The summed E-state index contributed by atoms with van der Waals surface area (Å²) in [6, 6.07) is 0. The average Bonchev–Trinajstić information content (AvgIpc) is 2.87. The number of nitrogens with zero attached hydrogens (tertiary/aromatic N) is 5. The van der Waals surface area contributed by atoms with Gasteiger partial charge in [0.2, 0.25) is 0 Å². The van der Waals surface area contributed by atoms with Gasteiger partial charge >= 0.3 is 0 Å². The van der Waals surface area contributed by atoms with E-state index in [4.69, 9.17) is 11.6 Å². The van der Waals surface area contributed by atoms with Crippen LogP contribution in [0.1, 0.15) is 5.82 Å². The molecule has 0 saturated carbocycles. The summed E-state index contributed by atoms with van der Waals surface area (Å²) in [6.45, 7) is 4.14. The molecule has 2 aromatic heterocycles. The van der Waals surface area contributed by atoms with E-state index in [0.717, 1.165) is 0 Å². The minimum absolute atomic E-state index is 0.0651. The number of hydrogen-bond donors (Lipinski definition) is 2. The summed E-state index contributed by atoms with van der Waals surface area (Å²) in [5.74, 6) is 0.460. The van der Waals surface area contributed by atoms with Gasteiger partial charge in [0.15, 0.2) is 5.82 Å². The molecule has 2 heterocycles. The van der Waals surface area contributed by atoms with Crippen molar-refractivity contribution >= 4 is 17.3 Å².